The highest BCUT2D eigenvalue weighted by Crippen LogP contribution is 2.34. The normalized spacial score (nSPS) is 28.7. The van der Waals surface area contributed by atoms with Crippen LogP contribution in [0.15, 0.2) is 0 Å². The molecule has 0 spiro atoms. The van der Waals surface area contributed by atoms with Gasteiger partial charge in [-0.05, 0) is 44.6 Å². The van der Waals surface area contributed by atoms with Crippen molar-refractivity contribution in [1.82, 2.24) is 0 Å². The minimum Gasteiger partial charge on any atom is -0.418 e. The zero-order valence-electron chi connectivity index (χ0n) is 19.5. The topological polar surface area (TPSA) is 83.1 Å². The molecular weight excluding hydrogens is 465 g/mol. The van der Waals surface area contributed by atoms with Gasteiger partial charge in [0.2, 0.25) is 0 Å². The fourth-order valence-corrected chi connectivity index (χ4v) is 22.5. The molecule has 0 saturated carbocycles. The molecule has 1 aliphatic rings. The molecule has 1 aliphatic heterocycles. The van der Waals surface area contributed by atoms with Gasteiger partial charge >= 0.3 is 44.0 Å². The standard InChI is InChI=1S/C15H40O9Si5/c1-16-28(17-2,18-3)14-10-12-26(8)22-25(7)23-27(9,24-26)13-11-15-29(19-4,20-5)21-6/h25H,10-15H2,1-9H3. The average molecular weight is 505 g/mol. The summed E-state index contributed by atoms with van der Waals surface area (Å²) in [5.74, 6) is 0. The van der Waals surface area contributed by atoms with E-state index in [9.17, 15) is 0 Å². The van der Waals surface area contributed by atoms with Gasteiger partial charge in [0.25, 0.3) is 0 Å². The van der Waals surface area contributed by atoms with Crippen LogP contribution >= 0.6 is 0 Å². The molecule has 0 radical (unpaired) electrons. The Hall–Kier alpha value is 0.724. The highest BCUT2D eigenvalue weighted by molar-refractivity contribution is 6.88. The van der Waals surface area contributed by atoms with Crippen molar-refractivity contribution >= 4 is 44.0 Å². The van der Waals surface area contributed by atoms with Crippen LogP contribution in [0.25, 0.3) is 0 Å². The molecule has 0 aromatic heterocycles. The second-order valence-corrected chi connectivity index (χ2v) is 23.0. The Kier molecular flexibility index (Phi) is 11.6. The summed E-state index contributed by atoms with van der Waals surface area (Å²) in [6.45, 7) is 6.40. The van der Waals surface area contributed by atoms with Crippen molar-refractivity contribution in [2.24, 2.45) is 0 Å². The van der Waals surface area contributed by atoms with Crippen molar-refractivity contribution < 1.29 is 38.9 Å². The molecule has 2 atom stereocenters. The number of hydrogen-bond donors (Lipinski definition) is 0. The Morgan fingerprint density at radius 1 is 0.655 bits per heavy atom. The van der Waals surface area contributed by atoms with Crippen LogP contribution in [0.3, 0.4) is 0 Å². The van der Waals surface area contributed by atoms with Gasteiger partial charge in [-0.1, -0.05) is 0 Å². The van der Waals surface area contributed by atoms with Crippen molar-refractivity contribution in [2.45, 2.75) is 56.7 Å². The molecule has 29 heavy (non-hydrogen) atoms. The van der Waals surface area contributed by atoms with E-state index >= 15 is 0 Å². The highest BCUT2D eigenvalue weighted by atomic mass is 28.5. The Bertz CT molecular complexity index is 427. The largest absolute Gasteiger partial charge is 0.500 e. The molecule has 2 unspecified atom stereocenters. The van der Waals surface area contributed by atoms with Gasteiger partial charge in [-0.25, -0.2) is 0 Å². The summed E-state index contributed by atoms with van der Waals surface area (Å²) in [6, 6.07) is 3.22. The molecular formula is C15H40O9Si5. The maximum Gasteiger partial charge on any atom is 0.500 e. The number of hydrogen-bond acceptors (Lipinski definition) is 9. The molecule has 0 aliphatic carbocycles. The van der Waals surface area contributed by atoms with Crippen LogP contribution in [-0.2, 0) is 38.9 Å². The van der Waals surface area contributed by atoms with E-state index in [0.29, 0.717) is 0 Å². The molecule has 0 N–H and O–H groups in total. The first-order valence-electron chi connectivity index (χ1n) is 9.95. The smallest absolute Gasteiger partial charge is 0.418 e. The molecule has 14 heteroatoms. The summed E-state index contributed by atoms with van der Waals surface area (Å²) in [5, 5.41) is 0. The molecule has 1 rings (SSSR count). The molecule has 0 aromatic carbocycles. The zero-order chi connectivity index (χ0) is 22.2. The molecule has 174 valence electrons. The van der Waals surface area contributed by atoms with Gasteiger partial charge in [0.1, 0.15) is 0 Å². The molecule has 0 aromatic rings. The van der Waals surface area contributed by atoms with Crippen LogP contribution in [-0.4, -0.2) is 86.7 Å². The summed E-state index contributed by atoms with van der Waals surface area (Å²) in [6.07, 6.45) is 1.76. The summed E-state index contributed by atoms with van der Waals surface area (Å²) < 4.78 is 52.4. The van der Waals surface area contributed by atoms with Crippen molar-refractivity contribution in [1.29, 1.82) is 0 Å². The van der Waals surface area contributed by atoms with E-state index in [-0.39, 0.29) is 0 Å². The summed E-state index contributed by atoms with van der Waals surface area (Å²) in [7, 11) is -1.68. The second-order valence-electron chi connectivity index (χ2n) is 7.47. The van der Waals surface area contributed by atoms with E-state index in [4.69, 9.17) is 38.9 Å². The van der Waals surface area contributed by atoms with Gasteiger partial charge in [-0.3, -0.25) is 0 Å². The lowest BCUT2D eigenvalue weighted by atomic mass is 10.6. The number of rotatable bonds is 14. The third kappa shape index (κ3) is 7.97. The summed E-state index contributed by atoms with van der Waals surface area (Å²) >= 11 is 0. The van der Waals surface area contributed by atoms with E-state index in [1.54, 1.807) is 42.7 Å². The summed E-state index contributed by atoms with van der Waals surface area (Å²) in [5.41, 5.74) is 0. The molecule has 1 saturated heterocycles. The first-order chi connectivity index (χ1) is 13.6. The lowest BCUT2D eigenvalue weighted by Crippen LogP contribution is -2.61. The Balaban J connectivity index is 2.68. The fraction of sp³-hybridized carbons (Fsp3) is 1.00. The average Bonchev–Trinajstić information content (AvgIpc) is 2.68. The third-order valence-electron chi connectivity index (χ3n) is 5.36. The van der Waals surface area contributed by atoms with Gasteiger partial charge in [0, 0.05) is 54.7 Å². The minimum absolute atomic E-state index is 0.741. The van der Waals surface area contributed by atoms with E-state index in [2.05, 4.69) is 19.6 Å². The van der Waals surface area contributed by atoms with Crippen molar-refractivity contribution in [3.63, 3.8) is 0 Å². The van der Waals surface area contributed by atoms with Crippen LogP contribution in [0.5, 0.6) is 0 Å². The Morgan fingerprint density at radius 2 is 0.966 bits per heavy atom. The zero-order valence-corrected chi connectivity index (χ0v) is 24.6. The SMILES string of the molecule is CO[Si](CCC[Si]1(C)O[SiH](C)O[Si](C)(CCC[Si](OC)(OC)OC)O1)(OC)OC. The first kappa shape index (κ1) is 27.8. The first-order valence-corrected chi connectivity index (χ1v) is 21.0. The van der Waals surface area contributed by atoms with E-state index in [1.807, 2.05) is 0 Å². The maximum atomic E-state index is 6.62. The molecule has 0 bridgehead atoms. The van der Waals surface area contributed by atoms with Crippen LogP contribution in [0.2, 0.25) is 43.8 Å². The van der Waals surface area contributed by atoms with Crippen molar-refractivity contribution in [3.8, 4) is 0 Å². The second kappa shape index (κ2) is 12.1. The van der Waals surface area contributed by atoms with Gasteiger partial charge in [0.15, 0.2) is 0 Å². The van der Waals surface area contributed by atoms with E-state index in [0.717, 1.165) is 37.0 Å². The van der Waals surface area contributed by atoms with Crippen molar-refractivity contribution in [3.05, 3.63) is 0 Å². The van der Waals surface area contributed by atoms with Gasteiger partial charge in [-0.2, -0.15) is 0 Å². The highest BCUT2D eigenvalue weighted by Gasteiger charge is 2.50. The lowest BCUT2D eigenvalue weighted by molar-refractivity contribution is 0.123. The maximum absolute atomic E-state index is 6.62. The summed E-state index contributed by atoms with van der Waals surface area (Å²) in [4.78, 5) is 0. The van der Waals surface area contributed by atoms with Crippen LogP contribution in [0.4, 0.5) is 0 Å². The third-order valence-corrected chi connectivity index (χ3v) is 23.6. The predicted octanol–water partition coefficient (Wildman–Crippen LogP) is 2.58. The molecule has 9 nitrogen and oxygen atoms in total. The van der Waals surface area contributed by atoms with Gasteiger partial charge < -0.3 is 38.9 Å². The lowest BCUT2D eigenvalue weighted by Gasteiger charge is -2.45. The monoisotopic (exact) mass is 504 g/mol. The fourth-order valence-electron chi connectivity index (χ4n) is 3.82. The van der Waals surface area contributed by atoms with Crippen molar-refractivity contribution in [2.75, 3.05) is 42.7 Å². The molecule has 1 heterocycles. The Morgan fingerprint density at radius 3 is 1.24 bits per heavy atom. The quantitative estimate of drug-likeness (QED) is 0.331. The van der Waals surface area contributed by atoms with Gasteiger partial charge in [-0.15, -0.1) is 0 Å². The van der Waals surface area contributed by atoms with E-state index < -0.39 is 44.0 Å². The van der Waals surface area contributed by atoms with Crippen LogP contribution in [0.1, 0.15) is 12.8 Å². The van der Waals surface area contributed by atoms with Crippen LogP contribution in [0, 0.1) is 0 Å². The molecule has 1 fully saturated rings. The van der Waals surface area contributed by atoms with Gasteiger partial charge in [0.05, 0.1) is 0 Å². The predicted molar refractivity (Wildman–Crippen MR) is 122 cm³/mol. The van der Waals surface area contributed by atoms with E-state index in [1.165, 1.54) is 0 Å². The van der Waals surface area contributed by atoms with Crippen LogP contribution < -0.4 is 0 Å². The molecule has 0 amide bonds. The minimum atomic E-state index is -2.58. The Labute approximate surface area is 182 Å².